The molecule has 0 aliphatic carbocycles. The van der Waals surface area contributed by atoms with Gasteiger partial charge < -0.3 is 19.2 Å². The first-order valence-electron chi connectivity index (χ1n) is 10.8. The van der Waals surface area contributed by atoms with E-state index in [9.17, 15) is 4.79 Å². The molecule has 0 radical (unpaired) electrons. The van der Waals surface area contributed by atoms with Gasteiger partial charge in [0, 0.05) is 35.6 Å². The number of furan rings is 1. The van der Waals surface area contributed by atoms with Crippen molar-refractivity contribution < 1.29 is 13.7 Å². The van der Waals surface area contributed by atoms with Crippen molar-refractivity contribution in [1.29, 1.82) is 0 Å². The van der Waals surface area contributed by atoms with E-state index in [0.717, 1.165) is 30.1 Å². The molecule has 162 valence electrons. The number of aromatic nitrogens is 2. The zero-order valence-corrected chi connectivity index (χ0v) is 17.8. The predicted octanol–water partition coefficient (Wildman–Crippen LogP) is 5.49. The van der Waals surface area contributed by atoms with E-state index in [0.29, 0.717) is 17.4 Å². The van der Waals surface area contributed by atoms with Gasteiger partial charge in [0.25, 0.3) is 11.8 Å². The molecule has 1 aliphatic heterocycles. The zero-order valence-electron chi connectivity index (χ0n) is 17.8. The summed E-state index contributed by atoms with van der Waals surface area (Å²) in [5.74, 6) is 1.66. The maximum absolute atomic E-state index is 12.2. The van der Waals surface area contributed by atoms with E-state index in [2.05, 4.69) is 39.4 Å². The Morgan fingerprint density at radius 3 is 2.59 bits per heavy atom. The van der Waals surface area contributed by atoms with E-state index < -0.39 is 0 Å². The highest BCUT2D eigenvalue weighted by molar-refractivity contribution is 6.02. The Labute approximate surface area is 186 Å². The van der Waals surface area contributed by atoms with Crippen molar-refractivity contribution in [3.63, 3.8) is 0 Å². The molecule has 2 aromatic heterocycles. The first kappa shape index (κ1) is 20.1. The lowest BCUT2D eigenvalue weighted by Crippen LogP contribution is -2.32. The number of hydrogen-bond acceptors (Lipinski definition) is 6. The van der Waals surface area contributed by atoms with Crippen LogP contribution in [-0.2, 0) is 0 Å². The second kappa shape index (κ2) is 8.70. The summed E-state index contributed by atoms with van der Waals surface area (Å²) < 4.78 is 10.6. The third-order valence-electron chi connectivity index (χ3n) is 5.81. The summed E-state index contributed by atoms with van der Waals surface area (Å²) in [5, 5.41) is 6.95. The van der Waals surface area contributed by atoms with Crippen molar-refractivity contribution in [2.24, 2.45) is 5.92 Å². The van der Waals surface area contributed by atoms with Gasteiger partial charge in [0.15, 0.2) is 5.76 Å². The molecule has 32 heavy (non-hydrogen) atoms. The highest BCUT2D eigenvalue weighted by Gasteiger charge is 2.17. The summed E-state index contributed by atoms with van der Waals surface area (Å²) >= 11 is 0. The van der Waals surface area contributed by atoms with Gasteiger partial charge in [-0.25, -0.2) is 0 Å². The number of rotatable bonds is 5. The fourth-order valence-electron chi connectivity index (χ4n) is 3.88. The van der Waals surface area contributed by atoms with Gasteiger partial charge in [0.05, 0.1) is 6.26 Å². The van der Waals surface area contributed by atoms with Gasteiger partial charge in [-0.3, -0.25) is 4.79 Å². The number of anilines is 2. The van der Waals surface area contributed by atoms with Gasteiger partial charge in [0.1, 0.15) is 0 Å². The van der Waals surface area contributed by atoms with Crippen LogP contribution < -0.4 is 10.2 Å². The van der Waals surface area contributed by atoms with Crippen LogP contribution in [0.1, 0.15) is 30.3 Å². The summed E-state index contributed by atoms with van der Waals surface area (Å²) in [6, 6.07) is 18.8. The maximum atomic E-state index is 12.2. The molecule has 0 saturated carbocycles. The third kappa shape index (κ3) is 4.27. The van der Waals surface area contributed by atoms with E-state index in [-0.39, 0.29) is 11.7 Å². The number of carbonyl (C=O) groups excluding carboxylic acids is 1. The van der Waals surface area contributed by atoms with Crippen LogP contribution in [0.25, 0.3) is 22.8 Å². The number of nitrogens with one attached hydrogen (secondary N) is 1. The maximum Gasteiger partial charge on any atom is 0.291 e. The number of amides is 1. The molecule has 5 rings (SSSR count). The molecule has 7 heteroatoms. The van der Waals surface area contributed by atoms with E-state index in [4.69, 9.17) is 8.94 Å². The molecule has 1 N–H and O–H groups in total. The van der Waals surface area contributed by atoms with Gasteiger partial charge in [-0.05, 0) is 73.4 Å². The van der Waals surface area contributed by atoms with Gasteiger partial charge in [0.2, 0.25) is 5.82 Å². The lowest BCUT2D eigenvalue weighted by atomic mass is 9.98. The molecule has 3 heterocycles. The lowest BCUT2D eigenvalue weighted by Gasteiger charge is -2.32. The van der Waals surface area contributed by atoms with Crippen molar-refractivity contribution in [3.8, 4) is 22.8 Å². The van der Waals surface area contributed by atoms with Crippen LogP contribution in [0.3, 0.4) is 0 Å². The molecule has 1 aliphatic rings. The minimum atomic E-state index is -0.318. The summed E-state index contributed by atoms with van der Waals surface area (Å²) in [6.07, 6.45) is 3.93. The fraction of sp³-hybridized carbons (Fsp3) is 0.240. The van der Waals surface area contributed by atoms with Gasteiger partial charge in [-0.15, -0.1) is 0 Å². The highest BCUT2D eigenvalue weighted by atomic mass is 16.5. The Hall–Kier alpha value is -3.87. The summed E-state index contributed by atoms with van der Waals surface area (Å²) in [6.45, 7) is 4.51. The van der Waals surface area contributed by atoms with Gasteiger partial charge in [-0.2, -0.15) is 4.98 Å². The monoisotopic (exact) mass is 428 g/mol. The van der Waals surface area contributed by atoms with E-state index in [1.807, 2.05) is 24.3 Å². The van der Waals surface area contributed by atoms with Gasteiger partial charge in [-0.1, -0.05) is 18.1 Å². The van der Waals surface area contributed by atoms with E-state index in [1.165, 1.54) is 24.8 Å². The van der Waals surface area contributed by atoms with Crippen LogP contribution in [0.2, 0.25) is 0 Å². The SMILES string of the molecule is CC1CCN(c2ccc(-c3noc(-c4cccc(NC(=O)c5ccco5)c4)n3)cc2)CC1. The third-order valence-corrected chi connectivity index (χ3v) is 5.81. The molecule has 4 aromatic rings. The molecular formula is C25H24N4O3. The molecule has 0 spiro atoms. The number of carbonyl (C=O) groups is 1. The van der Waals surface area contributed by atoms with Crippen LogP contribution in [0, 0.1) is 5.92 Å². The van der Waals surface area contributed by atoms with Crippen molar-refractivity contribution in [3.05, 3.63) is 72.7 Å². The van der Waals surface area contributed by atoms with Crippen LogP contribution in [0.5, 0.6) is 0 Å². The van der Waals surface area contributed by atoms with Crippen LogP contribution in [0.4, 0.5) is 11.4 Å². The standard InChI is InChI=1S/C25H24N4O3/c1-17-11-13-29(14-12-17)21-9-7-18(8-10-21)23-27-25(32-28-23)19-4-2-5-20(16-19)26-24(30)22-6-3-15-31-22/h2-10,15-17H,11-14H2,1H3,(H,26,30). The average molecular weight is 428 g/mol. The Morgan fingerprint density at radius 2 is 1.84 bits per heavy atom. The first-order chi connectivity index (χ1) is 15.7. The highest BCUT2D eigenvalue weighted by Crippen LogP contribution is 2.28. The fourth-order valence-corrected chi connectivity index (χ4v) is 3.88. The first-order valence-corrected chi connectivity index (χ1v) is 10.8. The largest absolute Gasteiger partial charge is 0.459 e. The molecule has 7 nitrogen and oxygen atoms in total. The zero-order chi connectivity index (χ0) is 21.9. The molecule has 1 amide bonds. The number of hydrogen-bond donors (Lipinski definition) is 1. The summed E-state index contributed by atoms with van der Waals surface area (Å²) in [5.41, 5.74) is 3.46. The number of nitrogens with zero attached hydrogens (tertiary/aromatic N) is 3. The molecule has 0 bridgehead atoms. The minimum Gasteiger partial charge on any atom is -0.459 e. The minimum absolute atomic E-state index is 0.248. The van der Waals surface area contributed by atoms with Crippen molar-refractivity contribution in [2.75, 3.05) is 23.3 Å². The average Bonchev–Trinajstić information content (AvgIpc) is 3.53. The van der Waals surface area contributed by atoms with Gasteiger partial charge >= 0.3 is 0 Å². The Kier molecular flexibility index (Phi) is 5.46. The number of benzene rings is 2. The molecule has 2 aromatic carbocycles. The lowest BCUT2D eigenvalue weighted by molar-refractivity contribution is 0.0996. The molecule has 1 fully saturated rings. The number of piperidine rings is 1. The van der Waals surface area contributed by atoms with Crippen molar-refractivity contribution in [2.45, 2.75) is 19.8 Å². The van der Waals surface area contributed by atoms with Crippen molar-refractivity contribution >= 4 is 17.3 Å². The van der Waals surface area contributed by atoms with Crippen LogP contribution in [-0.4, -0.2) is 29.1 Å². The summed E-state index contributed by atoms with van der Waals surface area (Å²) in [4.78, 5) is 19.2. The molecular weight excluding hydrogens is 404 g/mol. The van der Waals surface area contributed by atoms with Crippen LogP contribution in [0.15, 0.2) is 75.9 Å². The topological polar surface area (TPSA) is 84.4 Å². The molecule has 0 atom stereocenters. The second-order valence-electron chi connectivity index (χ2n) is 8.15. The second-order valence-corrected chi connectivity index (χ2v) is 8.15. The quantitative estimate of drug-likeness (QED) is 0.453. The molecule has 0 unspecified atom stereocenters. The Morgan fingerprint density at radius 1 is 1.03 bits per heavy atom. The Bertz CT molecular complexity index is 1190. The van der Waals surface area contributed by atoms with Crippen LogP contribution >= 0.6 is 0 Å². The smallest absolute Gasteiger partial charge is 0.291 e. The Balaban J connectivity index is 1.30. The molecule has 1 saturated heterocycles. The predicted molar refractivity (Wildman–Crippen MR) is 122 cm³/mol. The van der Waals surface area contributed by atoms with Crippen molar-refractivity contribution in [1.82, 2.24) is 10.1 Å². The normalized spacial score (nSPS) is 14.5. The summed E-state index contributed by atoms with van der Waals surface area (Å²) in [7, 11) is 0. The van der Waals surface area contributed by atoms with E-state index >= 15 is 0 Å². The van der Waals surface area contributed by atoms with E-state index in [1.54, 1.807) is 24.3 Å².